The molecule has 0 aliphatic carbocycles. The summed E-state index contributed by atoms with van der Waals surface area (Å²) in [5.74, 6) is 0. The standard InChI is InChI=1S/C16H10BrCl2F3N2O/c17-12-3-8(1-2-13(12)23)14-7-15(25-24-14,16(20,21)22)9-4-10(18)6-11(19)5-9/h1-6H,7,23H2. The fourth-order valence-corrected chi connectivity index (χ4v) is 3.46. The maximum atomic E-state index is 13.9. The summed E-state index contributed by atoms with van der Waals surface area (Å²) < 4.78 is 42.2. The van der Waals surface area contributed by atoms with Crippen molar-refractivity contribution < 1.29 is 18.0 Å². The highest BCUT2D eigenvalue weighted by Gasteiger charge is 2.62. The minimum absolute atomic E-state index is 0.0819. The van der Waals surface area contributed by atoms with Gasteiger partial charge in [0.2, 0.25) is 0 Å². The molecule has 1 heterocycles. The Morgan fingerprint density at radius 1 is 1.12 bits per heavy atom. The average molecular weight is 454 g/mol. The predicted octanol–water partition coefficient (Wildman–Crippen LogP) is 5.92. The normalized spacial score (nSPS) is 20.3. The molecule has 9 heteroatoms. The van der Waals surface area contributed by atoms with Crippen LogP contribution < -0.4 is 5.73 Å². The number of alkyl halides is 3. The zero-order valence-corrected chi connectivity index (χ0v) is 15.5. The van der Waals surface area contributed by atoms with Gasteiger partial charge in [-0.3, -0.25) is 0 Å². The van der Waals surface area contributed by atoms with Gasteiger partial charge in [0.25, 0.3) is 5.60 Å². The van der Waals surface area contributed by atoms with Crippen molar-refractivity contribution in [1.29, 1.82) is 0 Å². The molecule has 0 bridgehead atoms. The summed E-state index contributed by atoms with van der Waals surface area (Å²) in [4.78, 5) is 4.94. The van der Waals surface area contributed by atoms with Crippen molar-refractivity contribution in [1.82, 2.24) is 0 Å². The molecule has 0 saturated heterocycles. The van der Waals surface area contributed by atoms with E-state index >= 15 is 0 Å². The molecular weight excluding hydrogens is 444 g/mol. The third kappa shape index (κ3) is 3.32. The van der Waals surface area contributed by atoms with Crippen LogP contribution in [0.1, 0.15) is 17.5 Å². The number of oxime groups is 1. The molecule has 0 spiro atoms. The topological polar surface area (TPSA) is 47.6 Å². The van der Waals surface area contributed by atoms with Gasteiger partial charge in [-0.25, -0.2) is 0 Å². The molecule has 2 N–H and O–H groups in total. The first-order valence-electron chi connectivity index (χ1n) is 6.96. The smallest absolute Gasteiger partial charge is 0.398 e. The number of hydrogen-bond donors (Lipinski definition) is 1. The highest BCUT2D eigenvalue weighted by atomic mass is 79.9. The molecule has 0 amide bonds. The monoisotopic (exact) mass is 452 g/mol. The van der Waals surface area contributed by atoms with E-state index in [9.17, 15) is 13.2 Å². The number of nitrogen functional groups attached to an aromatic ring is 1. The lowest BCUT2D eigenvalue weighted by Gasteiger charge is -2.29. The van der Waals surface area contributed by atoms with Gasteiger partial charge in [0.1, 0.15) is 0 Å². The van der Waals surface area contributed by atoms with E-state index in [1.165, 1.54) is 18.2 Å². The summed E-state index contributed by atoms with van der Waals surface area (Å²) in [5.41, 5.74) is 3.94. The third-order valence-corrected chi connectivity index (χ3v) is 4.97. The predicted molar refractivity (Wildman–Crippen MR) is 95.0 cm³/mol. The number of anilines is 1. The van der Waals surface area contributed by atoms with Crippen LogP contribution >= 0.6 is 39.1 Å². The van der Waals surface area contributed by atoms with Crippen LogP contribution in [0, 0.1) is 0 Å². The summed E-state index contributed by atoms with van der Waals surface area (Å²) in [5, 5.41) is 3.85. The summed E-state index contributed by atoms with van der Waals surface area (Å²) >= 11 is 15.0. The largest absolute Gasteiger partial charge is 0.435 e. The van der Waals surface area contributed by atoms with Gasteiger partial charge >= 0.3 is 6.18 Å². The van der Waals surface area contributed by atoms with E-state index in [1.54, 1.807) is 18.2 Å². The molecule has 132 valence electrons. The molecule has 0 radical (unpaired) electrons. The highest BCUT2D eigenvalue weighted by molar-refractivity contribution is 9.10. The van der Waals surface area contributed by atoms with Crippen LogP contribution in [-0.2, 0) is 10.4 Å². The lowest BCUT2D eigenvalue weighted by molar-refractivity contribution is -0.275. The summed E-state index contributed by atoms with van der Waals surface area (Å²) in [7, 11) is 0. The molecule has 1 aliphatic heterocycles. The van der Waals surface area contributed by atoms with Crippen LogP contribution in [0.2, 0.25) is 10.0 Å². The second-order valence-corrected chi connectivity index (χ2v) is 7.25. The molecule has 3 nitrogen and oxygen atoms in total. The van der Waals surface area contributed by atoms with Gasteiger partial charge in [0.15, 0.2) is 0 Å². The van der Waals surface area contributed by atoms with Crippen molar-refractivity contribution in [2.75, 3.05) is 5.73 Å². The van der Waals surface area contributed by atoms with Crippen molar-refractivity contribution in [3.8, 4) is 0 Å². The fourth-order valence-electron chi connectivity index (χ4n) is 2.55. The summed E-state index contributed by atoms with van der Waals surface area (Å²) in [6.45, 7) is 0. The van der Waals surface area contributed by atoms with Gasteiger partial charge < -0.3 is 10.6 Å². The first kappa shape index (κ1) is 18.4. The summed E-state index contributed by atoms with van der Waals surface area (Å²) in [6, 6.07) is 8.46. The lowest BCUT2D eigenvalue weighted by atomic mass is 9.86. The van der Waals surface area contributed by atoms with Crippen molar-refractivity contribution in [2.45, 2.75) is 18.2 Å². The Morgan fingerprint density at radius 2 is 1.76 bits per heavy atom. The van der Waals surface area contributed by atoms with Crippen molar-refractivity contribution in [3.05, 3.63) is 62.0 Å². The molecular formula is C16H10BrCl2F3N2O. The third-order valence-electron chi connectivity index (χ3n) is 3.85. The zero-order valence-electron chi connectivity index (χ0n) is 12.4. The van der Waals surface area contributed by atoms with E-state index < -0.39 is 18.2 Å². The van der Waals surface area contributed by atoms with Crippen molar-refractivity contribution in [3.63, 3.8) is 0 Å². The molecule has 0 saturated carbocycles. The number of benzene rings is 2. The fraction of sp³-hybridized carbons (Fsp3) is 0.188. The van der Waals surface area contributed by atoms with Crippen LogP contribution in [0.5, 0.6) is 0 Å². The Labute approximate surface area is 159 Å². The van der Waals surface area contributed by atoms with Gasteiger partial charge in [0, 0.05) is 37.8 Å². The Kier molecular flexibility index (Phi) is 4.68. The van der Waals surface area contributed by atoms with E-state index in [0.717, 1.165) is 0 Å². The summed E-state index contributed by atoms with van der Waals surface area (Å²) in [6.07, 6.45) is -5.24. The highest BCUT2D eigenvalue weighted by Crippen LogP contribution is 2.49. The maximum absolute atomic E-state index is 13.9. The number of halogens is 6. The molecule has 1 atom stereocenters. The second kappa shape index (κ2) is 6.37. The van der Waals surface area contributed by atoms with Gasteiger partial charge in [-0.05, 0) is 46.3 Å². The molecule has 3 rings (SSSR count). The van der Waals surface area contributed by atoms with Crippen molar-refractivity contribution in [2.24, 2.45) is 5.16 Å². The van der Waals surface area contributed by atoms with Gasteiger partial charge in [0.05, 0.1) is 5.71 Å². The minimum atomic E-state index is -4.72. The van der Waals surface area contributed by atoms with Crippen molar-refractivity contribution >= 4 is 50.5 Å². The van der Waals surface area contributed by atoms with E-state index in [1.807, 2.05) is 0 Å². The molecule has 0 fully saturated rings. The molecule has 25 heavy (non-hydrogen) atoms. The van der Waals surface area contributed by atoms with Crippen LogP contribution in [0.4, 0.5) is 18.9 Å². The zero-order chi connectivity index (χ0) is 18.4. The molecule has 2 aromatic carbocycles. The molecule has 1 aliphatic rings. The Balaban J connectivity index is 2.04. The minimum Gasteiger partial charge on any atom is -0.398 e. The Hall–Kier alpha value is -1.44. The van der Waals surface area contributed by atoms with E-state index in [0.29, 0.717) is 15.7 Å². The Bertz CT molecular complexity index is 853. The second-order valence-electron chi connectivity index (χ2n) is 5.53. The number of nitrogens with zero attached hydrogens (tertiary/aromatic N) is 1. The van der Waals surface area contributed by atoms with Crippen LogP contribution in [0.15, 0.2) is 46.0 Å². The SMILES string of the molecule is Nc1ccc(C2=NOC(c3cc(Cl)cc(Cl)c3)(C(F)(F)F)C2)cc1Br. The van der Waals surface area contributed by atoms with Gasteiger partial charge in [-0.15, -0.1) is 0 Å². The van der Waals surface area contributed by atoms with E-state index in [2.05, 4.69) is 21.1 Å². The lowest BCUT2D eigenvalue weighted by Crippen LogP contribution is -2.42. The number of nitrogens with two attached hydrogens (primary N) is 1. The van der Waals surface area contributed by atoms with E-state index in [-0.39, 0.29) is 21.3 Å². The Morgan fingerprint density at radius 3 is 2.32 bits per heavy atom. The molecule has 1 unspecified atom stereocenters. The van der Waals surface area contributed by atoms with Gasteiger partial charge in [-0.1, -0.05) is 34.4 Å². The van der Waals surface area contributed by atoms with Crippen LogP contribution in [0.3, 0.4) is 0 Å². The molecule has 2 aromatic rings. The number of rotatable bonds is 2. The average Bonchev–Trinajstić information content (AvgIpc) is 2.95. The van der Waals surface area contributed by atoms with E-state index in [4.69, 9.17) is 33.8 Å². The van der Waals surface area contributed by atoms with Crippen LogP contribution in [-0.4, -0.2) is 11.9 Å². The van der Waals surface area contributed by atoms with Crippen LogP contribution in [0.25, 0.3) is 0 Å². The molecule has 0 aromatic heterocycles. The number of hydrogen-bond acceptors (Lipinski definition) is 3. The maximum Gasteiger partial charge on any atom is 0.435 e. The van der Waals surface area contributed by atoms with Gasteiger partial charge in [-0.2, -0.15) is 13.2 Å². The first-order chi connectivity index (χ1) is 11.6. The first-order valence-corrected chi connectivity index (χ1v) is 8.51. The quantitative estimate of drug-likeness (QED) is 0.573.